The fourth-order valence-corrected chi connectivity index (χ4v) is 5.13. The number of rotatable bonds is 14. The van der Waals surface area contributed by atoms with Gasteiger partial charge in [0.25, 0.3) is 0 Å². The smallest absolute Gasteiger partial charge is 0.245 e. The van der Waals surface area contributed by atoms with E-state index in [1.54, 1.807) is 0 Å². The maximum atomic E-state index is 13.5. The predicted molar refractivity (Wildman–Crippen MR) is 147 cm³/mol. The topological polar surface area (TPSA) is 69.7 Å². The normalized spacial score (nSPS) is 17.7. The van der Waals surface area contributed by atoms with Crippen molar-refractivity contribution in [1.82, 2.24) is 15.1 Å². The van der Waals surface area contributed by atoms with Gasteiger partial charge in [0, 0.05) is 32.1 Å². The lowest BCUT2D eigenvalue weighted by molar-refractivity contribution is -0.145. The second-order valence-electron chi connectivity index (χ2n) is 10.7. The molecule has 1 aliphatic heterocycles. The van der Waals surface area contributed by atoms with Crippen molar-refractivity contribution in [3.05, 3.63) is 35.9 Å². The van der Waals surface area contributed by atoms with Crippen LogP contribution in [0.2, 0.25) is 0 Å². The average Bonchev–Trinajstić information content (AvgIpc) is 2.87. The van der Waals surface area contributed by atoms with Gasteiger partial charge in [-0.05, 0) is 31.2 Å². The number of hydrogen-bond donors (Lipinski definition) is 1. The van der Waals surface area contributed by atoms with E-state index >= 15 is 0 Å². The first-order valence-corrected chi connectivity index (χ1v) is 14.2. The highest BCUT2D eigenvalue weighted by Gasteiger charge is 2.35. The van der Waals surface area contributed by atoms with E-state index in [1.807, 2.05) is 67.8 Å². The van der Waals surface area contributed by atoms with E-state index in [0.717, 1.165) is 18.4 Å². The van der Waals surface area contributed by atoms with E-state index < -0.39 is 6.04 Å². The van der Waals surface area contributed by atoms with Gasteiger partial charge in [-0.2, -0.15) is 0 Å². The molecule has 36 heavy (non-hydrogen) atoms. The Morgan fingerprint density at radius 1 is 0.944 bits per heavy atom. The van der Waals surface area contributed by atoms with Gasteiger partial charge in [-0.25, -0.2) is 0 Å². The zero-order chi connectivity index (χ0) is 26.5. The molecule has 0 aliphatic carbocycles. The molecule has 6 nitrogen and oxygen atoms in total. The summed E-state index contributed by atoms with van der Waals surface area (Å²) in [7, 11) is 0. The Morgan fingerprint density at radius 3 is 2.17 bits per heavy atom. The molecule has 202 valence electrons. The van der Waals surface area contributed by atoms with E-state index in [0.29, 0.717) is 32.5 Å². The summed E-state index contributed by atoms with van der Waals surface area (Å²) < 4.78 is 0. The van der Waals surface area contributed by atoms with Crippen LogP contribution < -0.4 is 5.32 Å². The fourth-order valence-electron chi connectivity index (χ4n) is 5.13. The first-order chi connectivity index (χ1) is 17.3. The molecule has 1 saturated heterocycles. The molecule has 1 fully saturated rings. The minimum absolute atomic E-state index is 0.0176. The maximum absolute atomic E-state index is 13.5. The van der Waals surface area contributed by atoms with Gasteiger partial charge in [0.15, 0.2) is 0 Å². The molecule has 1 aromatic rings. The monoisotopic (exact) mass is 499 g/mol. The summed E-state index contributed by atoms with van der Waals surface area (Å²) in [6.07, 6.45) is 9.63. The van der Waals surface area contributed by atoms with Crippen molar-refractivity contribution in [3.63, 3.8) is 0 Å². The van der Waals surface area contributed by atoms with Gasteiger partial charge in [-0.15, -0.1) is 0 Å². The number of amides is 3. The summed E-state index contributed by atoms with van der Waals surface area (Å²) in [5, 5.41) is 3.05. The van der Waals surface area contributed by atoms with Gasteiger partial charge in [0.05, 0.1) is 5.92 Å². The highest BCUT2D eigenvalue weighted by atomic mass is 16.2. The number of carbonyl (C=O) groups is 3. The summed E-state index contributed by atoms with van der Waals surface area (Å²) in [5.41, 5.74) is 0.967. The SMILES string of the molecule is CCCCCCCCCC(=O)N1CCN(C(=O)C(NC(=O)C(CC)c2ccccc2)C(C)C)CC1C. The van der Waals surface area contributed by atoms with Gasteiger partial charge in [0.1, 0.15) is 6.04 Å². The summed E-state index contributed by atoms with van der Waals surface area (Å²) in [4.78, 5) is 43.2. The molecule has 3 amide bonds. The standard InChI is InChI=1S/C30H49N3O3/c1-6-8-9-10-11-12-16-19-27(34)33-21-20-32(22-24(33)5)30(36)28(23(3)4)31-29(35)26(7-2)25-17-14-13-15-18-25/h13-15,17-18,23-24,26,28H,6-12,16,19-22H2,1-5H3,(H,31,35). The van der Waals surface area contributed by atoms with Crippen LogP contribution in [0.1, 0.15) is 104 Å². The van der Waals surface area contributed by atoms with Crippen molar-refractivity contribution in [1.29, 1.82) is 0 Å². The van der Waals surface area contributed by atoms with Crippen LogP contribution in [0.25, 0.3) is 0 Å². The highest BCUT2D eigenvalue weighted by Crippen LogP contribution is 2.21. The second kappa shape index (κ2) is 15.7. The van der Waals surface area contributed by atoms with Crippen LogP contribution in [0.15, 0.2) is 30.3 Å². The molecule has 0 aromatic heterocycles. The zero-order valence-corrected chi connectivity index (χ0v) is 23.3. The number of nitrogens with one attached hydrogen (secondary N) is 1. The zero-order valence-electron chi connectivity index (χ0n) is 23.3. The number of unbranched alkanes of at least 4 members (excludes halogenated alkanes) is 6. The first-order valence-electron chi connectivity index (χ1n) is 14.2. The van der Waals surface area contributed by atoms with E-state index in [-0.39, 0.29) is 35.6 Å². The Balaban J connectivity index is 1.88. The maximum Gasteiger partial charge on any atom is 0.245 e. The van der Waals surface area contributed by atoms with Crippen LogP contribution in [0.3, 0.4) is 0 Å². The van der Waals surface area contributed by atoms with Crippen LogP contribution >= 0.6 is 0 Å². The molecule has 6 heteroatoms. The van der Waals surface area contributed by atoms with Crippen LogP contribution in [-0.2, 0) is 14.4 Å². The van der Waals surface area contributed by atoms with Gasteiger partial charge >= 0.3 is 0 Å². The Hall–Kier alpha value is -2.37. The minimum atomic E-state index is -0.572. The minimum Gasteiger partial charge on any atom is -0.344 e. The number of carbonyl (C=O) groups excluding carboxylic acids is 3. The van der Waals surface area contributed by atoms with Crippen molar-refractivity contribution < 1.29 is 14.4 Å². The Labute approximate surface area is 219 Å². The fraction of sp³-hybridized carbons (Fsp3) is 0.700. The molecule has 0 bridgehead atoms. The van der Waals surface area contributed by atoms with Crippen molar-refractivity contribution in [2.45, 2.75) is 110 Å². The molecule has 1 N–H and O–H groups in total. The first kappa shape index (κ1) is 29.9. The summed E-state index contributed by atoms with van der Waals surface area (Å²) in [6.45, 7) is 11.8. The lowest BCUT2D eigenvalue weighted by atomic mass is 9.94. The van der Waals surface area contributed by atoms with Crippen LogP contribution in [-0.4, -0.2) is 59.2 Å². The van der Waals surface area contributed by atoms with Crippen LogP contribution in [0.5, 0.6) is 0 Å². The van der Waals surface area contributed by atoms with Crippen LogP contribution in [0.4, 0.5) is 0 Å². The Kier molecular flexibility index (Phi) is 13.0. The molecule has 0 radical (unpaired) electrons. The highest BCUT2D eigenvalue weighted by molar-refractivity contribution is 5.91. The van der Waals surface area contributed by atoms with Crippen molar-refractivity contribution in [3.8, 4) is 0 Å². The number of hydrogen-bond acceptors (Lipinski definition) is 3. The molecular weight excluding hydrogens is 450 g/mol. The van der Waals surface area contributed by atoms with Crippen molar-refractivity contribution in [2.75, 3.05) is 19.6 Å². The second-order valence-corrected chi connectivity index (χ2v) is 10.7. The quantitative estimate of drug-likeness (QED) is 0.343. The van der Waals surface area contributed by atoms with Gasteiger partial charge in [-0.3, -0.25) is 14.4 Å². The Morgan fingerprint density at radius 2 is 1.58 bits per heavy atom. The van der Waals surface area contributed by atoms with Crippen LogP contribution in [0, 0.1) is 5.92 Å². The summed E-state index contributed by atoms with van der Waals surface area (Å²) in [6, 6.07) is 9.15. The lowest BCUT2D eigenvalue weighted by Crippen LogP contribution is -2.60. The molecule has 1 heterocycles. The number of benzene rings is 1. The Bertz CT molecular complexity index is 811. The number of nitrogens with zero attached hydrogens (tertiary/aromatic N) is 2. The number of piperazine rings is 1. The van der Waals surface area contributed by atoms with Gasteiger partial charge in [0.2, 0.25) is 17.7 Å². The molecule has 0 spiro atoms. The molecule has 2 rings (SSSR count). The third-order valence-corrected chi connectivity index (χ3v) is 7.41. The summed E-state index contributed by atoms with van der Waals surface area (Å²) in [5.74, 6) is -0.257. The van der Waals surface area contributed by atoms with E-state index in [2.05, 4.69) is 12.2 Å². The lowest BCUT2D eigenvalue weighted by Gasteiger charge is -2.41. The largest absolute Gasteiger partial charge is 0.344 e. The van der Waals surface area contributed by atoms with Crippen molar-refractivity contribution in [2.24, 2.45) is 5.92 Å². The molecule has 3 unspecified atom stereocenters. The van der Waals surface area contributed by atoms with Crippen molar-refractivity contribution >= 4 is 17.7 Å². The van der Waals surface area contributed by atoms with E-state index in [9.17, 15) is 14.4 Å². The molecule has 3 atom stereocenters. The molecular formula is C30H49N3O3. The van der Waals surface area contributed by atoms with Gasteiger partial charge < -0.3 is 15.1 Å². The molecule has 0 saturated carbocycles. The van der Waals surface area contributed by atoms with E-state index in [4.69, 9.17) is 0 Å². The summed E-state index contributed by atoms with van der Waals surface area (Å²) >= 11 is 0. The van der Waals surface area contributed by atoms with E-state index in [1.165, 1.54) is 32.1 Å². The molecule has 1 aliphatic rings. The molecule has 1 aromatic carbocycles. The van der Waals surface area contributed by atoms with Gasteiger partial charge in [-0.1, -0.05) is 96.6 Å². The predicted octanol–water partition coefficient (Wildman–Crippen LogP) is 5.52. The third-order valence-electron chi connectivity index (χ3n) is 7.41. The third kappa shape index (κ3) is 8.94. The average molecular weight is 500 g/mol.